The zero-order valence-electron chi connectivity index (χ0n) is 13.1. The average molecular weight is 319 g/mol. The molecule has 0 unspecified atom stereocenters. The van der Waals surface area contributed by atoms with Crippen LogP contribution < -0.4 is 4.74 Å². The smallest absolute Gasteiger partial charge is 0.410 e. The lowest BCUT2D eigenvalue weighted by Crippen LogP contribution is -2.42. The van der Waals surface area contributed by atoms with Crippen LogP contribution >= 0.6 is 0 Å². The molecule has 1 aromatic rings. The van der Waals surface area contributed by atoms with E-state index in [1.165, 1.54) is 0 Å². The molecule has 2 heterocycles. The number of aliphatic hydroxyl groups excluding tert-OH is 1. The Labute approximate surface area is 134 Å². The molecule has 23 heavy (non-hydrogen) atoms. The molecule has 3 fully saturated rings. The maximum atomic E-state index is 12.3. The fraction of sp³-hybridized carbons (Fsp3) is 0.588. The van der Waals surface area contributed by atoms with Crippen LogP contribution in [0.4, 0.5) is 4.79 Å². The molecule has 124 valence electrons. The van der Waals surface area contributed by atoms with Crippen molar-refractivity contribution in [2.75, 3.05) is 20.3 Å². The lowest BCUT2D eigenvalue weighted by atomic mass is 9.87. The van der Waals surface area contributed by atoms with Crippen molar-refractivity contribution in [3.05, 3.63) is 29.8 Å². The maximum absolute atomic E-state index is 12.3. The number of hydrogen-bond donors (Lipinski definition) is 1. The number of rotatable bonds is 3. The topological polar surface area (TPSA) is 68.2 Å². The molecule has 2 saturated heterocycles. The van der Waals surface area contributed by atoms with E-state index in [9.17, 15) is 9.90 Å². The second-order valence-corrected chi connectivity index (χ2v) is 6.72. The van der Waals surface area contributed by atoms with E-state index in [4.69, 9.17) is 14.2 Å². The fourth-order valence-corrected chi connectivity index (χ4v) is 4.06. The fourth-order valence-electron chi connectivity index (χ4n) is 4.06. The SMILES string of the molecule is COc1ccc(CN2C[C@@]3(CO[C@@H]4C[C@H](O)C[C@@H]43)OC2=O)cc1. The number of ether oxygens (including phenoxy) is 3. The summed E-state index contributed by atoms with van der Waals surface area (Å²) < 4.78 is 16.7. The molecule has 1 amide bonds. The minimum absolute atomic E-state index is 0.0127. The first-order chi connectivity index (χ1) is 11.1. The molecule has 1 N–H and O–H groups in total. The van der Waals surface area contributed by atoms with Gasteiger partial charge in [0.25, 0.3) is 0 Å². The third-order valence-corrected chi connectivity index (χ3v) is 5.24. The summed E-state index contributed by atoms with van der Waals surface area (Å²) in [6, 6.07) is 7.66. The first kappa shape index (κ1) is 14.8. The van der Waals surface area contributed by atoms with Crippen LogP contribution in [0.25, 0.3) is 0 Å². The summed E-state index contributed by atoms with van der Waals surface area (Å²) in [6.45, 7) is 1.45. The number of hydrogen-bond acceptors (Lipinski definition) is 5. The number of carbonyl (C=O) groups is 1. The third kappa shape index (κ3) is 2.46. The Morgan fingerprint density at radius 1 is 1.35 bits per heavy atom. The second-order valence-electron chi connectivity index (χ2n) is 6.72. The predicted octanol–water partition coefficient (Wildman–Crippen LogP) is 1.56. The van der Waals surface area contributed by atoms with Crippen LogP contribution in [-0.2, 0) is 16.0 Å². The van der Waals surface area contributed by atoms with Crippen LogP contribution in [0.1, 0.15) is 18.4 Å². The Bertz CT molecular complexity index is 604. The molecule has 6 heteroatoms. The lowest BCUT2D eigenvalue weighted by molar-refractivity contribution is 0.00681. The maximum Gasteiger partial charge on any atom is 0.410 e. The van der Waals surface area contributed by atoms with Gasteiger partial charge in [-0.25, -0.2) is 4.79 Å². The number of nitrogens with zero attached hydrogens (tertiary/aromatic N) is 1. The Morgan fingerprint density at radius 3 is 2.87 bits per heavy atom. The van der Waals surface area contributed by atoms with E-state index in [1.54, 1.807) is 12.0 Å². The highest BCUT2D eigenvalue weighted by Gasteiger charge is 2.60. The van der Waals surface area contributed by atoms with E-state index in [-0.39, 0.29) is 24.2 Å². The van der Waals surface area contributed by atoms with E-state index < -0.39 is 5.60 Å². The largest absolute Gasteiger partial charge is 0.497 e. The predicted molar refractivity (Wildman–Crippen MR) is 81.1 cm³/mol. The summed E-state index contributed by atoms with van der Waals surface area (Å²) in [5, 5.41) is 9.85. The quantitative estimate of drug-likeness (QED) is 0.915. The average Bonchev–Trinajstić information content (AvgIpc) is 3.16. The summed E-state index contributed by atoms with van der Waals surface area (Å²) >= 11 is 0. The first-order valence-corrected chi connectivity index (χ1v) is 8.00. The Morgan fingerprint density at radius 2 is 2.13 bits per heavy atom. The van der Waals surface area contributed by atoms with Gasteiger partial charge in [-0.05, 0) is 30.5 Å². The summed E-state index contributed by atoms with van der Waals surface area (Å²) in [6.07, 6.45) is 0.651. The molecule has 1 spiro atoms. The molecule has 2 aliphatic heterocycles. The number of aliphatic hydroxyl groups is 1. The molecule has 3 aliphatic rings. The van der Waals surface area contributed by atoms with Gasteiger partial charge in [0.05, 0.1) is 32.5 Å². The number of methoxy groups -OCH3 is 1. The number of benzene rings is 1. The van der Waals surface area contributed by atoms with Gasteiger partial charge >= 0.3 is 6.09 Å². The zero-order chi connectivity index (χ0) is 16.0. The second kappa shape index (κ2) is 5.39. The molecule has 1 aromatic carbocycles. The van der Waals surface area contributed by atoms with Crippen molar-refractivity contribution in [2.45, 2.75) is 37.2 Å². The van der Waals surface area contributed by atoms with E-state index in [0.29, 0.717) is 32.5 Å². The van der Waals surface area contributed by atoms with E-state index >= 15 is 0 Å². The highest BCUT2D eigenvalue weighted by Crippen LogP contribution is 2.47. The highest BCUT2D eigenvalue weighted by atomic mass is 16.6. The highest BCUT2D eigenvalue weighted by molar-refractivity contribution is 5.71. The molecule has 1 aliphatic carbocycles. The van der Waals surface area contributed by atoms with Gasteiger partial charge in [0.2, 0.25) is 0 Å². The number of amides is 1. The number of carbonyl (C=O) groups excluding carboxylic acids is 1. The van der Waals surface area contributed by atoms with Gasteiger partial charge in [0.15, 0.2) is 5.60 Å². The summed E-state index contributed by atoms with van der Waals surface area (Å²) in [5.41, 5.74) is 0.438. The van der Waals surface area contributed by atoms with E-state index in [1.807, 2.05) is 24.3 Å². The van der Waals surface area contributed by atoms with Crippen molar-refractivity contribution in [3.63, 3.8) is 0 Å². The molecular weight excluding hydrogens is 298 g/mol. The van der Waals surface area contributed by atoms with Crippen molar-refractivity contribution in [3.8, 4) is 5.75 Å². The molecule has 0 bridgehead atoms. The first-order valence-electron chi connectivity index (χ1n) is 8.00. The number of fused-ring (bicyclic) bond motifs is 2. The van der Waals surface area contributed by atoms with Crippen LogP contribution in [0.15, 0.2) is 24.3 Å². The van der Waals surface area contributed by atoms with Crippen molar-refractivity contribution >= 4 is 6.09 Å². The molecule has 4 rings (SSSR count). The van der Waals surface area contributed by atoms with E-state index in [0.717, 1.165) is 11.3 Å². The lowest BCUT2D eigenvalue weighted by Gasteiger charge is -2.26. The Hall–Kier alpha value is -1.79. The Balaban J connectivity index is 1.48. The minimum atomic E-state index is -0.592. The van der Waals surface area contributed by atoms with Crippen LogP contribution in [0.5, 0.6) is 5.75 Å². The van der Waals surface area contributed by atoms with Gasteiger partial charge in [0, 0.05) is 12.5 Å². The van der Waals surface area contributed by atoms with Crippen LogP contribution in [0, 0.1) is 5.92 Å². The normalized spacial score (nSPS) is 35.7. The van der Waals surface area contributed by atoms with Gasteiger partial charge in [0.1, 0.15) is 5.75 Å². The van der Waals surface area contributed by atoms with Crippen molar-refractivity contribution in [1.82, 2.24) is 4.90 Å². The summed E-state index contributed by atoms with van der Waals surface area (Å²) in [7, 11) is 1.63. The molecule has 6 nitrogen and oxygen atoms in total. The zero-order valence-corrected chi connectivity index (χ0v) is 13.1. The van der Waals surface area contributed by atoms with Gasteiger partial charge < -0.3 is 19.3 Å². The van der Waals surface area contributed by atoms with Gasteiger partial charge in [-0.2, -0.15) is 0 Å². The molecular formula is C17H21NO5. The van der Waals surface area contributed by atoms with Crippen molar-refractivity contribution < 1.29 is 24.1 Å². The van der Waals surface area contributed by atoms with Gasteiger partial charge in [-0.15, -0.1) is 0 Å². The molecule has 0 aromatic heterocycles. The summed E-state index contributed by atoms with van der Waals surface area (Å²) in [5.74, 6) is 0.892. The van der Waals surface area contributed by atoms with Gasteiger partial charge in [-0.3, -0.25) is 4.90 Å². The molecule has 0 radical (unpaired) electrons. The Kier molecular flexibility index (Phi) is 3.46. The van der Waals surface area contributed by atoms with Crippen LogP contribution in [0.2, 0.25) is 0 Å². The van der Waals surface area contributed by atoms with Crippen molar-refractivity contribution in [1.29, 1.82) is 0 Å². The standard InChI is InChI=1S/C17H21NO5/c1-21-13-4-2-11(3-5-13)8-18-9-17(23-16(18)20)10-22-15-7-12(19)6-14(15)17/h2-5,12,14-15,19H,6-10H2,1H3/t12-,14+,15-,17+/m1/s1. The minimum Gasteiger partial charge on any atom is -0.497 e. The van der Waals surface area contributed by atoms with Crippen LogP contribution in [0.3, 0.4) is 0 Å². The monoisotopic (exact) mass is 319 g/mol. The summed E-state index contributed by atoms with van der Waals surface area (Å²) in [4.78, 5) is 14.0. The molecule has 1 saturated carbocycles. The van der Waals surface area contributed by atoms with Crippen molar-refractivity contribution in [2.24, 2.45) is 5.92 Å². The third-order valence-electron chi connectivity index (χ3n) is 5.24. The van der Waals surface area contributed by atoms with E-state index in [2.05, 4.69) is 0 Å². The van der Waals surface area contributed by atoms with Gasteiger partial charge in [-0.1, -0.05) is 12.1 Å². The van der Waals surface area contributed by atoms with Crippen LogP contribution in [-0.4, -0.2) is 54.2 Å². The molecule has 4 atom stereocenters.